The van der Waals surface area contributed by atoms with Crippen molar-refractivity contribution in [1.82, 2.24) is 0 Å². The zero-order chi connectivity index (χ0) is 21.3. The Kier molecular flexibility index (Phi) is 12.4. The van der Waals surface area contributed by atoms with E-state index in [4.69, 9.17) is 75.8 Å². The molecule has 3 fully saturated rings. The van der Waals surface area contributed by atoms with E-state index in [2.05, 4.69) is 72.3 Å². The van der Waals surface area contributed by atoms with Gasteiger partial charge in [-0.15, -0.1) is 47.0 Å². The second-order valence-corrected chi connectivity index (χ2v) is 18.4. The molecule has 0 aromatic heterocycles. The van der Waals surface area contributed by atoms with E-state index < -0.39 is 0 Å². The Morgan fingerprint density at radius 1 is 0.690 bits per heavy atom. The molecule has 0 nitrogen and oxygen atoms in total. The van der Waals surface area contributed by atoms with Crippen molar-refractivity contribution in [1.29, 1.82) is 0 Å². The second-order valence-electron chi connectivity index (χ2n) is 7.78. The predicted octanol–water partition coefficient (Wildman–Crippen LogP) is 5.97. The molecule has 170 valence electrons. The highest BCUT2D eigenvalue weighted by Gasteiger charge is 2.49. The summed E-state index contributed by atoms with van der Waals surface area (Å²) in [5.41, 5.74) is 0. The quantitative estimate of drug-likeness (QED) is 0.142. The van der Waals surface area contributed by atoms with E-state index in [0.29, 0.717) is 52.5 Å². The number of thioether (sulfide) groups is 4. The average molecular weight is 619 g/mol. The SMILES string of the molecule is SCC(S)C(SC1SCSC1SC(C(S)CS)C1C(S)CC1S)C1C(S)CC1S. The van der Waals surface area contributed by atoms with Gasteiger partial charge >= 0.3 is 0 Å². The fourth-order valence-corrected chi connectivity index (χ4v) is 17.5. The minimum Gasteiger partial charge on any atom is -0.178 e. The van der Waals surface area contributed by atoms with Crippen molar-refractivity contribution in [2.45, 2.75) is 64.0 Å². The van der Waals surface area contributed by atoms with Gasteiger partial charge in [0.15, 0.2) is 0 Å². The molecule has 10 atom stereocenters. The van der Waals surface area contributed by atoms with Crippen molar-refractivity contribution in [3.63, 3.8) is 0 Å². The van der Waals surface area contributed by atoms with Gasteiger partial charge in [0.2, 0.25) is 0 Å². The van der Waals surface area contributed by atoms with Crippen LogP contribution >= 0.6 is 148 Å². The van der Waals surface area contributed by atoms with Crippen LogP contribution in [0, 0.1) is 11.8 Å². The molecule has 0 bridgehead atoms. The lowest BCUT2D eigenvalue weighted by Crippen LogP contribution is -2.50. The molecule has 2 aliphatic carbocycles. The third-order valence-electron chi connectivity index (χ3n) is 5.90. The van der Waals surface area contributed by atoms with Crippen LogP contribution in [0.25, 0.3) is 0 Å². The highest BCUT2D eigenvalue weighted by molar-refractivity contribution is 8.32. The normalized spacial score (nSPS) is 43.9. The Labute approximate surface area is 237 Å². The lowest BCUT2D eigenvalue weighted by molar-refractivity contribution is 0.339. The van der Waals surface area contributed by atoms with Gasteiger partial charge in [-0.1, -0.05) is 0 Å². The number of hydrogen-bond acceptors (Lipinski definition) is 12. The molecule has 29 heavy (non-hydrogen) atoms. The highest BCUT2D eigenvalue weighted by Crippen LogP contribution is 2.56. The molecule has 0 spiro atoms. The summed E-state index contributed by atoms with van der Waals surface area (Å²) in [4.78, 5) is 0. The van der Waals surface area contributed by atoms with Crippen molar-refractivity contribution in [2.24, 2.45) is 11.8 Å². The van der Waals surface area contributed by atoms with Crippen LogP contribution < -0.4 is 0 Å². The van der Waals surface area contributed by atoms with Gasteiger partial charge in [-0.05, 0) is 24.7 Å². The zero-order valence-electron chi connectivity index (χ0n) is 15.7. The van der Waals surface area contributed by atoms with Crippen LogP contribution in [-0.2, 0) is 0 Å². The molecule has 12 heteroatoms. The molecule has 0 N–H and O–H groups in total. The fourth-order valence-electron chi connectivity index (χ4n) is 4.05. The monoisotopic (exact) mass is 618 g/mol. The van der Waals surface area contributed by atoms with Crippen LogP contribution in [0.15, 0.2) is 0 Å². The summed E-state index contributed by atoms with van der Waals surface area (Å²) in [7, 11) is 0. The van der Waals surface area contributed by atoms with E-state index in [1.807, 2.05) is 0 Å². The van der Waals surface area contributed by atoms with Gasteiger partial charge in [-0.3, -0.25) is 0 Å². The standard InChI is InChI=1S/C17H30S12/c18-3-10(24)14(12-6(20)1-7(12)21)28-16-17(27-5-26-16)29-15(11(25)4-19)13-8(22)2-9(13)23/h6-25H,1-5H2. The van der Waals surface area contributed by atoms with Crippen molar-refractivity contribution in [3.05, 3.63) is 0 Å². The molecular weight excluding hydrogens is 589 g/mol. The topological polar surface area (TPSA) is 0 Å². The van der Waals surface area contributed by atoms with Crippen LogP contribution in [-0.4, -0.2) is 67.8 Å². The molecule has 1 saturated heterocycles. The molecule has 0 amide bonds. The largest absolute Gasteiger partial charge is 0.178 e. The lowest BCUT2D eigenvalue weighted by Gasteiger charge is -2.48. The summed E-state index contributed by atoms with van der Waals surface area (Å²) in [5.74, 6) is 2.57. The third kappa shape index (κ3) is 6.70. The van der Waals surface area contributed by atoms with Gasteiger partial charge in [0, 0.05) is 58.6 Å². The van der Waals surface area contributed by atoms with Crippen molar-refractivity contribution in [2.75, 3.05) is 16.6 Å². The minimum atomic E-state index is 0.260. The summed E-state index contributed by atoms with van der Waals surface area (Å²) < 4.78 is 1.07. The second kappa shape index (κ2) is 12.9. The molecule has 0 radical (unpaired) electrons. The summed E-state index contributed by atoms with van der Waals surface area (Å²) >= 11 is 46.6. The number of thiol groups is 8. The molecule has 3 aliphatic rings. The molecule has 1 aliphatic heterocycles. The van der Waals surface area contributed by atoms with Gasteiger partial charge in [0.25, 0.3) is 0 Å². The maximum Gasteiger partial charge on any atom is 0.0724 e. The van der Waals surface area contributed by atoms with E-state index in [9.17, 15) is 0 Å². The predicted molar refractivity (Wildman–Crippen MR) is 171 cm³/mol. The van der Waals surface area contributed by atoms with Crippen molar-refractivity contribution in [3.8, 4) is 0 Å². The molecule has 0 aromatic carbocycles. The zero-order valence-corrected chi connectivity index (χ0v) is 26.1. The Bertz CT molecular complexity index is 463. The van der Waals surface area contributed by atoms with Gasteiger partial charge in [0.1, 0.15) is 0 Å². The maximum absolute atomic E-state index is 4.90. The molecular formula is C17H30S12. The maximum atomic E-state index is 4.90. The summed E-state index contributed by atoms with van der Waals surface area (Å²) in [5, 5.41) is 4.25. The number of hydrogen-bond donors (Lipinski definition) is 8. The Morgan fingerprint density at radius 3 is 1.31 bits per heavy atom. The first kappa shape index (κ1) is 27.8. The summed E-state index contributed by atoms with van der Waals surface area (Å²) in [6.45, 7) is 0. The van der Waals surface area contributed by atoms with E-state index in [-0.39, 0.29) is 10.5 Å². The fraction of sp³-hybridized carbons (Fsp3) is 1.00. The Hall–Kier alpha value is 4.20. The van der Waals surface area contributed by atoms with Crippen LogP contribution in [0.4, 0.5) is 0 Å². The number of rotatable bonds is 10. The first-order valence-electron chi connectivity index (χ1n) is 9.62. The van der Waals surface area contributed by atoms with Gasteiger partial charge in [-0.2, -0.15) is 101 Å². The van der Waals surface area contributed by atoms with E-state index in [1.54, 1.807) is 0 Å². The van der Waals surface area contributed by atoms with E-state index in [0.717, 1.165) is 29.4 Å². The van der Waals surface area contributed by atoms with Crippen LogP contribution in [0.2, 0.25) is 0 Å². The first-order valence-corrected chi connectivity index (χ1v) is 18.0. The molecule has 0 aromatic rings. The lowest BCUT2D eigenvalue weighted by atomic mass is 9.80. The van der Waals surface area contributed by atoms with Gasteiger partial charge in [0.05, 0.1) is 9.16 Å². The Balaban J connectivity index is 1.69. The average Bonchev–Trinajstić information content (AvgIpc) is 3.12. The Morgan fingerprint density at radius 2 is 1.03 bits per heavy atom. The minimum absolute atomic E-state index is 0.260. The van der Waals surface area contributed by atoms with Crippen LogP contribution in [0.3, 0.4) is 0 Å². The summed E-state index contributed by atoms with van der Waals surface area (Å²) in [6.07, 6.45) is 2.18. The molecule has 2 saturated carbocycles. The van der Waals surface area contributed by atoms with E-state index in [1.165, 1.54) is 0 Å². The van der Waals surface area contributed by atoms with Crippen molar-refractivity contribution >= 4 is 148 Å². The van der Waals surface area contributed by atoms with Gasteiger partial charge < -0.3 is 0 Å². The molecule has 1 heterocycles. The van der Waals surface area contributed by atoms with Crippen LogP contribution in [0.1, 0.15) is 12.8 Å². The van der Waals surface area contributed by atoms with Gasteiger partial charge in [-0.25, -0.2) is 0 Å². The van der Waals surface area contributed by atoms with Crippen molar-refractivity contribution < 1.29 is 0 Å². The molecule has 3 rings (SSSR count). The first-order chi connectivity index (χ1) is 13.8. The highest BCUT2D eigenvalue weighted by atomic mass is 32.3. The summed E-state index contributed by atoms with van der Waals surface area (Å²) in [6, 6.07) is 0. The molecule has 10 unspecified atom stereocenters. The third-order valence-corrected chi connectivity index (χ3v) is 18.4. The van der Waals surface area contributed by atoms with E-state index >= 15 is 0 Å². The van der Waals surface area contributed by atoms with Crippen LogP contribution in [0.5, 0.6) is 0 Å². The smallest absolute Gasteiger partial charge is 0.0724 e.